The number of nitrogens with one attached hydrogen (secondary N) is 1. The van der Waals surface area contributed by atoms with Crippen molar-refractivity contribution in [3.05, 3.63) is 11.6 Å². The van der Waals surface area contributed by atoms with E-state index in [1.54, 1.807) is 18.0 Å². The normalized spacial score (nSPS) is 20.8. The van der Waals surface area contributed by atoms with E-state index in [4.69, 9.17) is 0 Å². The van der Waals surface area contributed by atoms with Crippen LogP contribution in [-0.4, -0.2) is 71.5 Å². The number of carboxylic acids is 1. The molecule has 0 aromatic heterocycles. The molecule has 0 bridgehead atoms. The third-order valence-corrected chi connectivity index (χ3v) is 5.46. The summed E-state index contributed by atoms with van der Waals surface area (Å²) in [6, 6.07) is -1.28. The Morgan fingerprint density at radius 2 is 1.82 bits per heavy atom. The molecule has 0 aromatic rings. The van der Waals surface area contributed by atoms with Crippen LogP contribution in [0.4, 0.5) is 0 Å². The van der Waals surface area contributed by atoms with Crippen molar-refractivity contribution in [3.8, 4) is 0 Å². The molecule has 1 aliphatic rings. The Bertz CT molecular complexity index is 622. The number of amides is 2. The van der Waals surface area contributed by atoms with Gasteiger partial charge in [-0.05, 0) is 44.7 Å². The Morgan fingerprint density at radius 1 is 1.25 bits per heavy atom. The van der Waals surface area contributed by atoms with Crippen LogP contribution in [-0.2, 0) is 14.4 Å². The SMILES string of the molecule is CC(=C[C@H](C(C)C)N(C)C(=O)[C@@H](NC(=O)[C@H]1CCCN1C)C(C)(C)C)C(=O)O. The molecule has 160 valence electrons. The molecule has 28 heavy (non-hydrogen) atoms. The second-order valence-corrected chi connectivity index (χ2v) is 9.28. The minimum atomic E-state index is -1.00. The zero-order valence-electron chi connectivity index (χ0n) is 18.6. The highest BCUT2D eigenvalue weighted by Gasteiger charge is 2.39. The van der Waals surface area contributed by atoms with Crippen molar-refractivity contribution >= 4 is 17.8 Å². The number of hydrogen-bond donors (Lipinski definition) is 2. The Kier molecular flexibility index (Phi) is 8.23. The van der Waals surface area contributed by atoms with Crippen LogP contribution >= 0.6 is 0 Å². The maximum atomic E-state index is 13.3. The van der Waals surface area contributed by atoms with Gasteiger partial charge in [-0.25, -0.2) is 4.79 Å². The van der Waals surface area contributed by atoms with E-state index < -0.39 is 17.4 Å². The molecule has 0 radical (unpaired) electrons. The smallest absolute Gasteiger partial charge is 0.331 e. The Labute approximate surface area is 169 Å². The Balaban J connectivity index is 3.09. The number of likely N-dealkylation sites (N-methyl/N-ethyl adjacent to an activating group) is 2. The first-order valence-electron chi connectivity index (χ1n) is 9.96. The van der Waals surface area contributed by atoms with Crippen LogP contribution in [0.25, 0.3) is 0 Å². The van der Waals surface area contributed by atoms with Crippen LogP contribution in [0.3, 0.4) is 0 Å². The van der Waals surface area contributed by atoms with E-state index in [1.165, 1.54) is 6.92 Å². The van der Waals surface area contributed by atoms with E-state index in [1.807, 2.05) is 46.6 Å². The highest BCUT2D eigenvalue weighted by atomic mass is 16.4. The molecule has 3 atom stereocenters. The average molecular weight is 396 g/mol. The van der Waals surface area contributed by atoms with Gasteiger partial charge in [0.2, 0.25) is 11.8 Å². The number of likely N-dealkylation sites (tertiary alicyclic amines) is 1. The van der Waals surface area contributed by atoms with Crippen LogP contribution in [0.15, 0.2) is 11.6 Å². The van der Waals surface area contributed by atoms with Crippen LogP contribution < -0.4 is 5.32 Å². The summed E-state index contributed by atoms with van der Waals surface area (Å²) in [5.74, 6) is -1.31. The van der Waals surface area contributed by atoms with Crippen molar-refractivity contribution in [1.29, 1.82) is 0 Å². The number of carbonyl (C=O) groups is 3. The molecule has 0 aliphatic carbocycles. The van der Waals surface area contributed by atoms with Gasteiger partial charge in [0.05, 0.1) is 12.1 Å². The van der Waals surface area contributed by atoms with Crippen molar-refractivity contribution in [1.82, 2.24) is 15.1 Å². The molecule has 7 heteroatoms. The molecule has 0 saturated carbocycles. The van der Waals surface area contributed by atoms with Crippen molar-refractivity contribution in [2.75, 3.05) is 20.6 Å². The monoisotopic (exact) mass is 395 g/mol. The van der Waals surface area contributed by atoms with Crippen LogP contribution in [0.2, 0.25) is 0 Å². The topological polar surface area (TPSA) is 90.0 Å². The standard InChI is InChI=1S/C21H37N3O4/c1-13(2)16(12-14(3)20(27)28)24(8)19(26)17(21(4,5)6)22-18(25)15-10-9-11-23(15)7/h12-13,15-17H,9-11H2,1-8H3,(H,22,25)(H,27,28)/t15-,16-,17-/m1/s1. The summed E-state index contributed by atoms with van der Waals surface area (Å²) in [6.45, 7) is 12.0. The fourth-order valence-electron chi connectivity index (χ4n) is 3.56. The number of carboxylic acid groups (broad SMARTS) is 1. The predicted octanol–water partition coefficient (Wildman–Crippen LogP) is 2.13. The van der Waals surface area contributed by atoms with Crippen LogP contribution in [0, 0.1) is 11.3 Å². The molecule has 0 aromatic carbocycles. The number of carbonyl (C=O) groups excluding carboxylic acids is 2. The molecule has 2 N–H and O–H groups in total. The maximum absolute atomic E-state index is 13.3. The first-order valence-corrected chi connectivity index (χ1v) is 9.96. The third kappa shape index (κ3) is 6.06. The van der Waals surface area contributed by atoms with Crippen molar-refractivity contribution in [3.63, 3.8) is 0 Å². The van der Waals surface area contributed by atoms with E-state index >= 15 is 0 Å². The summed E-state index contributed by atoms with van der Waals surface area (Å²) in [5.41, 5.74) is -0.284. The summed E-state index contributed by atoms with van der Waals surface area (Å²) in [5, 5.41) is 12.2. The van der Waals surface area contributed by atoms with Gasteiger partial charge in [-0.1, -0.05) is 40.7 Å². The lowest BCUT2D eigenvalue weighted by atomic mass is 9.85. The molecule has 0 unspecified atom stereocenters. The molecule has 1 fully saturated rings. The van der Waals surface area contributed by atoms with Gasteiger partial charge in [-0.2, -0.15) is 0 Å². The van der Waals surface area contributed by atoms with Crippen LogP contribution in [0.1, 0.15) is 54.4 Å². The Morgan fingerprint density at radius 3 is 2.21 bits per heavy atom. The summed E-state index contributed by atoms with van der Waals surface area (Å²) in [6.07, 6.45) is 3.37. The second kappa shape index (κ2) is 9.54. The Hall–Kier alpha value is -1.89. The summed E-state index contributed by atoms with van der Waals surface area (Å²) in [4.78, 5) is 40.9. The number of nitrogens with zero attached hydrogens (tertiary/aromatic N) is 2. The zero-order valence-corrected chi connectivity index (χ0v) is 18.6. The van der Waals surface area contributed by atoms with Crippen molar-refractivity contribution in [2.45, 2.75) is 72.5 Å². The van der Waals surface area contributed by atoms with E-state index in [2.05, 4.69) is 5.32 Å². The van der Waals surface area contributed by atoms with E-state index in [9.17, 15) is 19.5 Å². The van der Waals surface area contributed by atoms with E-state index in [-0.39, 0.29) is 35.4 Å². The van der Waals surface area contributed by atoms with Crippen molar-refractivity contribution < 1.29 is 19.5 Å². The molecule has 1 saturated heterocycles. The molecule has 7 nitrogen and oxygen atoms in total. The van der Waals surface area contributed by atoms with Gasteiger partial charge in [-0.15, -0.1) is 0 Å². The van der Waals surface area contributed by atoms with Gasteiger partial charge in [0, 0.05) is 12.6 Å². The number of rotatable bonds is 7. The second-order valence-electron chi connectivity index (χ2n) is 9.28. The van der Waals surface area contributed by atoms with Crippen LogP contribution in [0.5, 0.6) is 0 Å². The summed E-state index contributed by atoms with van der Waals surface area (Å²) < 4.78 is 0. The molecule has 1 heterocycles. The van der Waals surface area contributed by atoms with Gasteiger partial charge < -0.3 is 15.3 Å². The molecular weight excluding hydrogens is 358 g/mol. The fraction of sp³-hybridized carbons (Fsp3) is 0.762. The lowest BCUT2D eigenvalue weighted by molar-refractivity contribution is -0.141. The minimum absolute atomic E-state index is 0.0283. The van der Waals surface area contributed by atoms with Crippen molar-refractivity contribution in [2.24, 2.45) is 11.3 Å². The minimum Gasteiger partial charge on any atom is -0.478 e. The lowest BCUT2D eigenvalue weighted by Crippen LogP contribution is -2.58. The lowest BCUT2D eigenvalue weighted by Gasteiger charge is -2.38. The highest BCUT2D eigenvalue weighted by Crippen LogP contribution is 2.25. The van der Waals surface area contributed by atoms with Gasteiger partial charge in [-0.3, -0.25) is 14.5 Å². The largest absolute Gasteiger partial charge is 0.478 e. The third-order valence-electron chi connectivity index (χ3n) is 5.46. The summed E-state index contributed by atoms with van der Waals surface area (Å²) >= 11 is 0. The van der Waals surface area contributed by atoms with Gasteiger partial charge in [0.15, 0.2) is 0 Å². The number of hydrogen-bond acceptors (Lipinski definition) is 4. The molecule has 1 aliphatic heterocycles. The highest BCUT2D eigenvalue weighted by molar-refractivity contribution is 5.91. The maximum Gasteiger partial charge on any atom is 0.331 e. The van der Waals surface area contributed by atoms with Gasteiger partial charge in [0.25, 0.3) is 0 Å². The number of aliphatic carboxylic acids is 1. The fourth-order valence-corrected chi connectivity index (χ4v) is 3.56. The predicted molar refractivity (Wildman–Crippen MR) is 110 cm³/mol. The first-order chi connectivity index (χ1) is 12.8. The van der Waals surface area contributed by atoms with E-state index in [0.29, 0.717) is 0 Å². The molecule has 0 spiro atoms. The first kappa shape index (κ1) is 24.1. The van der Waals surface area contributed by atoms with Gasteiger partial charge in [0.1, 0.15) is 6.04 Å². The summed E-state index contributed by atoms with van der Waals surface area (Å²) in [7, 11) is 3.59. The average Bonchev–Trinajstić information content (AvgIpc) is 3.00. The molecule has 2 amide bonds. The van der Waals surface area contributed by atoms with Gasteiger partial charge >= 0.3 is 5.97 Å². The molecular formula is C21H37N3O4. The molecule has 1 rings (SSSR count). The van der Waals surface area contributed by atoms with E-state index in [0.717, 1.165) is 19.4 Å². The zero-order chi connectivity index (χ0) is 21.8. The quantitative estimate of drug-likeness (QED) is 0.645.